The van der Waals surface area contributed by atoms with Crippen molar-refractivity contribution in [2.24, 2.45) is 0 Å². The number of amides is 1. The number of nitrogens with one attached hydrogen (secondary N) is 2. The highest BCUT2D eigenvalue weighted by molar-refractivity contribution is 5.92. The smallest absolute Gasteiger partial charge is 0.271 e. The molecule has 1 heterocycles. The average Bonchev–Trinajstić information content (AvgIpc) is 2.78. The van der Waals surface area contributed by atoms with Crippen molar-refractivity contribution in [3.63, 3.8) is 0 Å². The molecule has 0 aliphatic rings. The van der Waals surface area contributed by atoms with Crippen molar-refractivity contribution in [3.8, 4) is 0 Å². The number of nitrogens with zero attached hydrogens (tertiary/aromatic N) is 1. The third-order valence-corrected chi connectivity index (χ3v) is 2.33. The summed E-state index contributed by atoms with van der Waals surface area (Å²) in [5.41, 5.74) is 2.55. The molecule has 0 saturated carbocycles. The molecule has 0 unspecified atom stereocenters. The van der Waals surface area contributed by atoms with E-state index in [9.17, 15) is 4.79 Å². The van der Waals surface area contributed by atoms with Crippen LogP contribution in [0, 0.1) is 0 Å². The SMILES string of the molecule is CNC(=O)c1cc(Cc2ccccc2)[nH]n1. The quantitative estimate of drug-likeness (QED) is 0.812. The van der Waals surface area contributed by atoms with E-state index in [0.717, 1.165) is 12.1 Å². The van der Waals surface area contributed by atoms with E-state index in [1.165, 1.54) is 5.56 Å². The number of H-pyrrole nitrogens is 1. The highest BCUT2D eigenvalue weighted by Crippen LogP contribution is 2.07. The number of carbonyl (C=O) groups is 1. The van der Waals surface area contributed by atoms with Gasteiger partial charge >= 0.3 is 0 Å². The number of aromatic nitrogens is 2. The predicted octanol–water partition coefficient (Wildman–Crippen LogP) is 1.36. The van der Waals surface area contributed by atoms with Crippen LogP contribution in [0.1, 0.15) is 21.7 Å². The molecule has 1 aromatic carbocycles. The van der Waals surface area contributed by atoms with E-state index in [1.807, 2.05) is 30.3 Å². The minimum absolute atomic E-state index is 0.171. The van der Waals surface area contributed by atoms with Gasteiger partial charge in [0.2, 0.25) is 0 Å². The van der Waals surface area contributed by atoms with Gasteiger partial charge in [0.05, 0.1) is 0 Å². The molecule has 2 rings (SSSR count). The molecule has 0 spiro atoms. The summed E-state index contributed by atoms with van der Waals surface area (Å²) >= 11 is 0. The topological polar surface area (TPSA) is 57.8 Å². The maximum Gasteiger partial charge on any atom is 0.271 e. The van der Waals surface area contributed by atoms with Crippen LogP contribution < -0.4 is 5.32 Å². The summed E-state index contributed by atoms with van der Waals surface area (Å²) in [7, 11) is 1.59. The van der Waals surface area contributed by atoms with E-state index in [-0.39, 0.29) is 5.91 Å². The van der Waals surface area contributed by atoms with Crippen LogP contribution in [-0.4, -0.2) is 23.2 Å². The van der Waals surface area contributed by atoms with E-state index in [4.69, 9.17) is 0 Å². The number of rotatable bonds is 3. The summed E-state index contributed by atoms with van der Waals surface area (Å²) in [5, 5.41) is 9.34. The Morgan fingerprint density at radius 2 is 2.12 bits per heavy atom. The Kier molecular flexibility index (Phi) is 3.00. The molecule has 0 aliphatic heterocycles. The molecule has 0 bridgehead atoms. The first kappa shape index (κ1) is 10.4. The summed E-state index contributed by atoms with van der Waals surface area (Å²) in [6.45, 7) is 0. The molecule has 1 aromatic heterocycles. The number of hydrogen-bond acceptors (Lipinski definition) is 2. The minimum Gasteiger partial charge on any atom is -0.354 e. The lowest BCUT2D eigenvalue weighted by Gasteiger charge is -1.96. The lowest BCUT2D eigenvalue weighted by Crippen LogP contribution is -2.17. The van der Waals surface area contributed by atoms with Crippen molar-refractivity contribution in [1.82, 2.24) is 15.5 Å². The second-order valence-corrected chi connectivity index (χ2v) is 3.52. The van der Waals surface area contributed by atoms with Crippen molar-refractivity contribution in [1.29, 1.82) is 0 Å². The summed E-state index contributed by atoms with van der Waals surface area (Å²) in [5.74, 6) is -0.171. The molecule has 0 aliphatic carbocycles. The standard InChI is InChI=1S/C12H13N3O/c1-13-12(16)11-8-10(14-15-11)7-9-5-3-2-4-6-9/h2-6,8H,7H2,1H3,(H,13,16)(H,14,15). The number of benzene rings is 1. The Morgan fingerprint density at radius 1 is 1.38 bits per heavy atom. The van der Waals surface area contributed by atoms with Gasteiger partial charge in [0.25, 0.3) is 5.91 Å². The highest BCUT2D eigenvalue weighted by Gasteiger charge is 2.08. The van der Waals surface area contributed by atoms with Gasteiger partial charge in [-0.2, -0.15) is 5.10 Å². The molecule has 1 amide bonds. The molecule has 0 radical (unpaired) electrons. The number of carbonyl (C=O) groups excluding carboxylic acids is 1. The summed E-state index contributed by atoms with van der Waals surface area (Å²) in [6.07, 6.45) is 0.755. The Bertz CT molecular complexity index is 476. The molecule has 2 aromatic rings. The monoisotopic (exact) mass is 215 g/mol. The third kappa shape index (κ3) is 2.28. The fourth-order valence-corrected chi connectivity index (χ4v) is 1.51. The average molecular weight is 215 g/mol. The molecule has 4 nitrogen and oxygen atoms in total. The van der Waals surface area contributed by atoms with Crippen molar-refractivity contribution >= 4 is 5.91 Å². The van der Waals surface area contributed by atoms with Gasteiger partial charge in [-0.15, -0.1) is 0 Å². The molecular formula is C12H13N3O. The van der Waals surface area contributed by atoms with E-state index >= 15 is 0 Å². The number of hydrogen-bond donors (Lipinski definition) is 2. The largest absolute Gasteiger partial charge is 0.354 e. The maximum absolute atomic E-state index is 11.3. The van der Waals surface area contributed by atoms with Crippen LogP contribution in [0.2, 0.25) is 0 Å². The lowest BCUT2D eigenvalue weighted by atomic mass is 10.1. The fraction of sp³-hybridized carbons (Fsp3) is 0.167. The van der Waals surface area contributed by atoms with Crippen LogP contribution in [0.5, 0.6) is 0 Å². The third-order valence-electron chi connectivity index (χ3n) is 2.33. The molecule has 4 heteroatoms. The highest BCUT2D eigenvalue weighted by atomic mass is 16.1. The van der Waals surface area contributed by atoms with Crippen molar-refractivity contribution in [3.05, 3.63) is 53.3 Å². The zero-order valence-corrected chi connectivity index (χ0v) is 9.03. The van der Waals surface area contributed by atoms with Gasteiger partial charge in [-0.1, -0.05) is 30.3 Å². The molecule has 0 atom stereocenters. The summed E-state index contributed by atoms with van der Waals surface area (Å²) in [4.78, 5) is 11.3. The first-order valence-electron chi connectivity index (χ1n) is 5.10. The Balaban J connectivity index is 2.12. The Hall–Kier alpha value is -2.10. The second-order valence-electron chi connectivity index (χ2n) is 3.52. The van der Waals surface area contributed by atoms with E-state index in [0.29, 0.717) is 5.69 Å². The zero-order valence-electron chi connectivity index (χ0n) is 9.03. The van der Waals surface area contributed by atoms with Gasteiger partial charge < -0.3 is 5.32 Å². The van der Waals surface area contributed by atoms with Crippen molar-refractivity contribution in [2.45, 2.75) is 6.42 Å². The van der Waals surface area contributed by atoms with E-state index < -0.39 is 0 Å². The molecular weight excluding hydrogens is 202 g/mol. The molecule has 2 N–H and O–H groups in total. The first-order valence-corrected chi connectivity index (χ1v) is 5.10. The number of aromatic amines is 1. The molecule has 16 heavy (non-hydrogen) atoms. The van der Waals surface area contributed by atoms with Gasteiger partial charge in [0.15, 0.2) is 0 Å². The van der Waals surface area contributed by atoms with Crippen LogP contribution in [0.25, 0.3) is 0 Å². The molecule has 82 valence electrons. The van der Waals surface area contributed by atoms with Crippen LogP contribution in [0.3, 0.4) is 0 Å². The van der Waals surface area contributed by atoms with Crippen LogP contribution in [-0.2, 0) is 6.42 Å². The van der Waals surface area contributed by atoms with E-state index in [2.05, 4.69) is 15.5 Å². The van der Waals surface area contributed by atoms with Crippen LogP contribution in [0.4, 0.5) is 0 Å². The minimum atomic E-state index is -0.171. The van der Waals surface area contributed by atoms with E-state index in [1.54, 1.807) is 13.1 Å². The van der Waals surface area contributed by atoms with Crippen molar-refractivity contribution in [2.75, 3.05) is 7.05 Å². The van der Waals surface area contributed by atoms with Gasteiger partial charge in [0, 0.05) is 19.2 Å². The van der Waals surface area contributed by atoms with Gasteiger partial charge in [-0.25, -0.2) is 0 Å². The zero-order chi connectivity index (χ0) is 11.4. The molecule has 0 fully saturated rings. The van der Waals surface area contributed by atoms with Gasteiger partial charge in [0.1, 0.15) is 5.69 Å². The summed E-state index contributed by atoms with van der Waals surface area (Å²) < 4.78 is 0. The molecule has 0 saturated heterocycles. The lowest BCUT2D eigenvalue weighted by molar-refractivity contribution is 0.0958. The normalized spacial score (nSPS) is 10.1. The van der Waals surface area contributed by atoms with Gasteiger partial charge in [-0.05, 0) is 11.6 Å². The fourth-order valence-electron chi connectivity index (χ4n) is 1.51. The Morgan fingerprint density at radius 3 is 2.81 bits per heavy atom. The van der Waals surface area contributed by atoms with Crippen molar-refractivity contribution < 1.29 is 4.79 Å². The predicted molar refractivity (Wildman–Crippen MR) is 61.2 cm³/mol. The Labute approximate surface area is 93.7 Å². The second kappa shape index (κ2) is 4.61. The van der Waals surface area contributed by atoms with Crippen LogP contribution in [0.15, 0.2) is 36.4 Å². The first-order chi connectivity index (χ1) is 7.79. The van der Waals surface area contributed by atoms with Crippen LogP contribution >= 0.6 is 0 Å². The summed E-state index contributed by atoms with van der Waals surface area (Å²) in [6, 6.07) is 11.8. The maximum atomic E-state index is 11.3. The van der Waals surface area contributed by atoms with Gasteiger partial charge in [-0.3, -0.25) is 9.89 Å².